The fourth-order valence-corrected chi connectivity index (χ4v) is 2.69. The first-order valence-electron chi connectivity index (χ1n) is 7.55. The Labute approximate surface area is 107 Å². The van der Waals surface area contributed by atoms with E-state index in [9.17, 15) is 5.11 Å². The fourth-order valence-electron chi connectivity index (χ4n) is 2.69. The van der Waals surface area contributed by atoms with Gasteiger partial charge in [-0.05, 0) is 31.7 Å². The molecule has 0 aromatic carbocycles. The van der Waals surface area contributed by atoms with Gasteiger partial charge in [0.2, 0.25) is 0 Å². The van der Waals surface area contributed by atoms with E-state index in [-0.39, 0.29) is 0 Å². The Morgan fingerprint density at radius 1 is 1.06 bits per heavy atom. The van der Waals surface area contributed by atoms with Gasteiger partial charge in [-0.3, -0.25) is 0 Å². The lowest BCUT2D eigenvalue weighted by molar-refractivity contribution is 0.0254. The Morgan fingerprint density at radius 2 is 1.71 bits per heavy atom. The van der Waals surface area contributed by atoms with Crippen molar-refractivity contribution in [3.63, 3.8) is 0 Å². The molecule has 2 N–H and O–H groups in total. The molecule has 0 radical (unpaired) electrons. The van der Waals surface area contributed by atoms with Crippen LogP contribution < -0.4 is 5.32 Å². The lowest BCUT2D eigenvalue weighted by Crippen LogP contribution is -2.40. The molecule has 0 spiro atoms. The fraction of sp³-hybridized carbons (Fsp3) is 1.00. The van der Waals surface area contributed by atoms with Crippen LogP contribution in [0.15, 0.2) is 0 Å². The Hall–Kier alpha value is -0.0800. The molecule has 2 heteroatoms. The van der Waals surface area contributed by atoms with Crippen LogP contribution >= 0.6 is 0 Å². The summed E-state index contributed by atoms with van der Waals surface area (Å²) in [6.45, 7) is 6.42. The lowest BCUT2D eigenvalue weighted by Gasteiger charge is -2.27. The average Bonchev–Trinajstić information content (AvgIpc) is 2.48. The summed E-state index contributed by atoms with van der Waals surface area (Å²) in [5.74, 6) is 0.820. The predicted octanol–water partition coefficient (Wildman–Crippen LogP) is 3.49. The van der Waals surface area contributed by atoms with Crippen molar-refractivity contribution in [2.24, 2.45) is 5.92 Å². The summed E-state index contributed by atoms with van der Waals surface area (Å²) < 4.78 is 0. The van der Waals surface area contributed by atoms with Crippen molar-refractivity contribution in [3.8, 4) is 0 Å². The van der Waals surface area contributed by atoms with Gasteiger partial charge >= 0.3 is 0 Å². The van der Waals surface area contributed by atoms with Crippen LogP contribution in [0.1, 0.15) is 71.6 Å². The van der Waals surface area contributed by atoms with E-state index in [1.165, 1.54) is 44.9 Å². The lowest BCUT2D eigenvalue weighted by atomic mass is 9.94. The molecule has 0 aromatic heterocycles. The first-order valence-corrected chi connectivity index (χ1v) is 7.55. The van der Waals surface area contributed by atoms with E-state index >= 15 is 0 Å². The maximum absolute atomic E-state index is 10.4. The van der Waals surface area contributed by atoms with Gasteiger partial charge in [-0.15, -0.1) is 0 Å². The number of nitrogens with one attached hydrogen (secondary N) is 1. The number of unbranched alkanes of at least 4 members (excludes halogenated alkanes) is 1. The number of aliphatic hydroxyl groups is 1. The van der Waals surface area contributed by atoms with Crippen molar-refractivity contribution in [2.45, 2.75) is 77.2 Å². The zero-order valence-electron chi connectivity index (χ0n) is 11.8. The molecule has 0 saturated heterocycles. The summed E-state index contributed by atoms with van der Waals surface area (Å²) >= 11 is 0. The Kier molecular flexibility index (Phi) is 7.14. The summed E-state index contributed by atoms with van der Waals surface area (Å²) in [6, 6.07) is 0. The van der Waals surface area contributed by atoms with Gasteiger partial charge in [-0.1, -0.05) is 52.4 Å². The maximum Gasteiger partial charge on any atom is 0.0771 e. The monoisotopic (exact) mass is 241 g/mol. The van der Waals surface area contributed by atoms with E-state index < -0.39 is 5.60 Å². The molecule has 1 aliphatic carbocycles. The van der Waals surface area contributed by atoms with Crippen LogP contribution in [0.5, 0.6) is 0 Å². The molecule has 1 fully saturated rings. The highest BCUT2D eigenvalue weighted by Crippen LogP contribution is 2.26. The molecular weight excluding hydrogens is 210 g/mol. The molecule has 0 aromatic rings. The number of rotatable bonds is 7. The van der Waals surface area contributed by atoms with Crippen molar-refractivity contribution >= 4 is 0 Å². The third-order valence-electron chi connectivity index (χ3n) is 3.87. The zero-order valence-corrected chi connectivity index (χ0v) is 11.8. The average molecular weight is 241 g/mol. The molecule has 17 heavy (non-hydrogen) atoms. The Bertz CT molecular complexity index is 183. The molecule has 2 nitrogen and oxygen atoms in total. The molecule has 0 aliphatic heterocycles. The second-order valence-corrected chi connectivity index (χ2v) is 6.20. The second-order valence-electron chi connectivity index (χ2n) is 6.20. The van der Waals surface area contributed by atoms with Crippen LogP contribution in [0, 0.1) is 5.92 Å². The van der Waals surface area contributed by atoms with Gasteiger partial charge in [-0.25, -0.2) is 0 Å². The minimum atomic E-state index is -0.408. The standard InChI is InChI=1S/C15H31NO/c1-14(2)9-5-8-12-16-13-15(17)10-6-3-4-7-11-15/h14,16-17H,3-13H2,1-2H3. The van der Waals surface area contributed by atoms with Crippen molar-refractivity contribution < 1.29 is 5.11 Å². The van der Waals surface area contributed by atoms with Crippen molar-refractivity contribution in [3.05, 3.63) is 0 Å². The molecule has 102 valence electrons. The van der Waals surface area contributed by atoms with Crippen LogP contribution in [-0.2, 0) is 0 Å². The summed E-state index contributed by atoms with van der Waals surface area (Å²) in [4.78, 5) is 0. The van der Waals surface area contributed by atoms with E-state index in [1.807, 2.05) is 0 Å². The van der Waals surface area contributed by atoms with Crippen molar-refractivity contribution in [1.82, 2.24) is 5.32 Å². The largest absolute Gasteiger partial charge is 0.389 e. The number of hydrogen-bond donors (Lipinski definition) is 2. The topological polar surface area (TPSA) is 32.3 Å². The molecular formula is C15H31NO. The predicted molar refractivity (Wildman–Crippen MR) is 74.2 cm³/mol. The minimum absolute atomic E-state index is 0.408. The summed E-state index contributed by atoms with van der Waals surface area (Å²) in [5, 5.41) is 13.9. The van der Waals surface area contributed by atoms with Crippen LogP contribution in [0.4, 0.5) is 0 Å². The van der Waals surface area contributed by atoms with Gasteiger partial charge < -0.3 is 10.4 Å². The first-order chi connectivity index (χ1) is 8.12. The van der Waals surface area contributed by atoms with Crippen LogP contribution in [0.3, 0.4) is 0 Å². The normalized spacial score (nSPS) is 20.5. The Balaban J connectivity index is 2.04. The molecule has 0 amide bonds. The smallest absolute Gasteiger partial charge is 0.0771 e. The summed E-state index contributed by atoms with van der Waals surface area (Å²) in [6.07, 6.45) is 10.9. The van der Waals surface area contributed by atoms with E-state index in [2.05, 4.69) is 19.2 Å². The molecule has 0 atom stereocenters. The van der Waals surface area contributed by atoms with Gasteiger partial charge in [0.25, 0.3) is 0 Å². The van der Waals surface area contributed by atoms with E-state index in [0.29, 0.717) is 0 Å². The maximum atomic E-state index is 10.4. The van der Waals surface area contributed by atoms with Crippen LogP contribution in [-0.4, -0.2) is 23.8 Å². The quantitative estimate of drug-likeness (QED) is 0.528. The van der Waals surface area contributed by atoms with Gasteiger partial charge in [0, 0.05) is 6.54 Å². The molecule has 1 rings (SSSR count). The SMILES string of the molecule is CC(C)CCCCNCC1(O)CCCCCC1. The Morgan fingerprint density at radius 3 is 2.29 bits per heavy atom. The highest BCUT2D eigenvalue weighted by molar-refractivity contribution is 4.83. The highest BCUT2D eigenvalue weighted by Gasteiger charge is 2.26. The summed E-state index contributed by atoms with van der Waals surface area (Å²) in [5.41, 5.74) is -0.408. The zero-order chi connectivity index (χ0) is 12.6. The third kappa shape index (κ3) is 7.05. The van der Waals surface area contributed by atoms with E-state index in [0.717, 1.165) is 31.8 Å². The molecule has 0 bridgehead atoms. The van der Waals surface area contributed by atoms with Gasteiger partial charge in [0.1, 0.15) is 0 Å². The van der Waals surface area contributed by atoms with Gasteiger partial charge in [-0.2, -0.15) is 0 Å². The van der Waals surface area contributed by atoms with Gasteiger partial charge in [0.15, 0.2) is 0 Å². The van der Waals surface area contributed by atoms with Crippen LogP contribution in [0.25, 0.3) is 0 Å². The third-order valence-corrected chi connectivity index (χ3v) is 3.87. The van der Waals surface area contributed by atoms with Gasteiger partial charge in [0.05, 0.1) is 5.60 Å². The van der Waals surface area contributed by atoms with Crippen LogP contribution in [0.2, 0.25) is 0 Å². The highest BCUT2D eigenvalue weighted by atomic mass is 16.3. The second kappa shape index (κ2) is 8.10. The molecule has 1 saturated carbocycles. The summed E-state index contributed by atoms with van der Waals surface area (Å²) in [7, 11) is 0. The molecule has 0 unspecified atom stereocenters. The molecule has 1 aliphatic rings. The van der Waals surface area contributed by atoms with E-state index in [1.54, 1.807) is 0 Å². The van der Waals surface area contributed by atoms with Crippen molar-refractivity contribution in [2.75, 3.05) is 13.1 Å². The first kappa shape index (κ1) is 15.0. The number of hydrogen-bond acceptors (Lipinski definition) is 2. The van der Waals surface area contributed by atoms with E-state index in [4.69, 9.17) is 0 Å². The van der Waals surface area contributed by atoms with Crippen molar-refractivity contribution in [1.29, 1.82) is 0 Å². The molecule has 0 heterocycles. The minimum Gasteiger partial charge on any atom is -0.389 e.